The van der Waals surface area contributed by atoms with Gasteiger partial charge in [-0.1, -0.05) is 56.4 Å². The van der Waals surface area contributed by atoms with Crippen molar-refractivity contribution in [1.82, 2.24) is 0 Å². The Hall–Kier alpha value is -0.520. The molecule has 0 aliphatic heterocycles. The Morgan fingerprint density at radius 1 is 0.750 bits per heavy atom. The second-order valence-electron chi connectivity index (χ2n) is 4.89. The van der Waals surface area contributed by atoms with Gasteiger partial charge in [0.05, 0.1) is 0 Å². The predicted molar refractivity (Wildman–Crippen MR) is 75.8 cm³/mol. The van der Waals surface area contributed by atoms with Crippen LogP contribution in [0.15, 0.2) is 23.8 Å². The topological polar surface area (TPSA) is 0 Å². The molecule has 0 atom stereocenters. The first-order chi connectivity index (χ1) is 7.77. The molecule has 0 aliphatic rings. The lowest BCUT2D eigenvalue weighted by Crippen LogP contribution is -1.76. The standard InChI is InChI=1S/C16H30/c1-4-5-6-7-8-9-10-11-12-13-14-15-16(2)3/h10-11,15H,4-9,12-14H2,1-3H3. The molecule has 0 spiro atoms. The molecule has 0 heterocycles. The maximum Gasteiger partial charge on any atom is -0.0345 e. The van der Waals surface area contributed by atoms with Crippen molar-refractivity contribution in [2.24, 2.45) is 0 Å². The average Bonchev–Trinajstić information content (AvgIpc) is 2.25. The highest BCUT2D eigenvalue weighted by Gasteiger charge is 1.86. The van der Waals surface area contributed by atoms with E-state index in [0.717, 1.165) is 0 Å². The molecular formula is C16H30. The van der Waals surface area contributed by atoms with Crippen LogP contribution in [0.4, 0.5) is 0 Å². The zero-order valence-corrected chi connectivity index (χ0v) is 11.6. The summed E-state index contributed by atoms with van der Waals surface area (Å²) in [7, 11) is 0. The SMILES string of the molecule is CCCCCCCC=CCCCC=C(C)C. The van der Waals surface area contributed by atoms with Crippen molar-refractivity contribution in [1.29, 1.82) is 0 Å². The first kappa shape index (κ1) is 15.5. The van der Waals surface area contributed by atoms with Crippen LogP contribution in [0.1, 0.15) is 78.6 Å². The summed E-state index contributed by atoms with van der Waals surface area (Å²) in [5.74, 6) is 0. The summed E-state index contributed by atoms with van der Waals surface area (Å²) in [4.78, 5) is 0. The van der Waals surface area contributed by atoms with Crippen LogP contribution < -0.4 is 0 Å². The first-order valence-corrected chi connectivity index (χ1v) is 7.05. The zero-order chi connectivity index (χ0) is 12.1. The Labute approximate surface area is 103 Å². The normalized spacial score (nSPS) is 10.9. The Morgan fingerprint density at radius 3 is 2.00 bits per heavy atom. The minimum absolute atomic E-state index is 1.24. The third kappa shape index (κ3) is 13.5. The van der Waals surface area contributed by atoms with E-state index in [2.05, 4.69) is 39.0 Å². The molecule has 0 amide bonds. The monoisotopic (exact) mass is 222 g/mol. The fourth-order valence-corrected chi connectivity index (χ4v) is 1.73. The smallest absolute Gasteiger partial charge is 0.0345 e. The van der Waals surface area contributed by atoms with E-state index < -0.39 is 0 Å². The quantitative estimate of drug-likeness (QED) is 0.312. The Morgan fingerprint density at radius 2 is 1.38 bits per heavy atom. The zero-order valence-electron chi connectivity index (χ0n) is 11.6. The van der Waals surface area contributed by atoms with E-state index in [-0.39, 0.29) is 0 Å². The molecule has 0 aromatic heterocycles. The summed E-state index contributed by atoms with van der Waals surface area (Å²) < 4.78 is 0. The van der Waals surface area contributed by atoms with Crippen LogP contribution in [0.5, 0.6) is 0 Å². The van der Waals surface area contributed by atoms with Gasteiger partial charge in [0.1, 0.15) is 0 Å². The van der Waals surface area contributed by atoms with Gasteiger partial charge in [-0.2, -0.15) is 0 Å². The molecule has 0 saturated heterocycles. The number of hydrogen-bond acceptors (Lipinski definition) is 0. The van der Waals surface area contributed by atoms with Crippen molar-refractivity contribution in [3.05, 3.63) is 23.8 Å². The second kappa shape index (κ2) is 12.5. The molecule has 0 unspecified atom stereocenters. The second-order valence-corrected chi connectivity index (χ2v) is 4.89. The Balaban J connectivity index is 3.13. The lowest BCUT2D eigenvalue weighted by Gasteiger charge is -1.96. The number of allylic oxidation sites excluding steroid dienone is 4. The van der Waals surface area contributed by atoms with Crippen LogP contribution in [-0.4, -0.2) is 0 Å². The van der Waals surface area contributed by atoms with E-state index in [1.54, 1.807) is 0 Å². The molecule has 0 heteroatoms. The molecule has 16 heavy (non-hydrogen) atoms. The highest BCUT2D eigenvalue weighted by molar-refractivity contribution is 4.93. The van der Waals surface area contributed by atoms with Crippen molar-refractivity contribution >= 4 is 0 Å². The van der Waals surface area contributed by atoms with Gasteiger partial charge in [0, 0.05) is 0 Å². The van der Waals surface area contributed by atoms with Gasteiger partial charge in [-0.15, -0.1) is 0 Å². The summed E-state index contributed by atoms with van der Waals surface area (Å²) in [6.45, 7) is 6.62. The number of unbranched alkanes of at least 4 members (excludes halogenated alkanes) is 7. The number of hydrogen-bond donors (Lipinski definition) is 0. The first-order valence-electron chi connectivity index (χ1n) is 7.05. The van der Waals surface area contributed by atoms with Crippen LogP contribution in [0, 0.1) is 0 Å². The maximum atomic E-state index is 2.37. The van der Waals surface area contributed by atoms with Gasteiger partial charge in [-0.3, -0.25) is 0 Å². The van der Waals surface area contributed by atoms with Crippen LogP contribution in [0.2, 0.25) is 0 Å². The molecule has 0 fully saturated rings. The lowest BCUT2D eigenvalue weighted by atomic mass is 10.1. The highest BCUT2D eigenvalue weighted by Crippen LogP contribution is 2.06. The van der Waals surface area contributed by atoms with Gasteiger partial charge in [-0.25, -0.2) is 0 Å². The van der Waals surface area contributed by atoms with Crippen molar-refractivity contribution in [2.75, 3.05) is 0 Å². The van der Waals surface area contributed by atoms with Gasteiger partial charge < -0.3 is 0 Å². The number of rotatable bonds is 10. The molecular weight excluding hydrogens is 192 g/mol. The van der Waals surface area contributed by atoms with Crippen LogP contribution >= 0.6 is 0 Å². The third-order valence-corrected chi connectivity index (χ3v) is 2.77. The average molecular weight is 222 g/mol. The van der Waals surface area contributed by atoms with Gasteiger partial charge in [0.25, 0.3) is 0 Å². The largest absolute Gasteiger partial charge is 0.0885 e. The highest BCUT2D eigenvalue weighted by atomic mass is 13.9. The molecule has 0 nitrogen and oxygen atoms in total. The van der Waals surface area contributed by atoms with E-state index in [4.69, 9.17) is 0 Å². The Bertz CT molecular complexity index is 182. The molecule has 0 radical (unpaired) electrons. The van der Waals surface area contributed by atoms with E-state index in [1.165, 1.54) is 63.4 Å². The van der Waals surface area contributed by atoms with Gasteiger partial charge in [-0.05, 0) is 46.0 Å². The van der Waals surface area contributed by atoms with Crippen molar-refractivity contribution in [2.45, 2.75) is 78.6 Å². The molecule has 0 aromatic carbocycles. The summed E-state index contributed by atoms with van der Waals surface area (Å²) in [5.41, 5.74) is 1.44. The van der Waals surface area contributed by atoms with Gasteiger partial charge >= 0.3 is 0 Å². The van der Waals surface area contributed by atoms with Crippen LogP contribution in [0.25, 0.3) is 0 Å². The summed E-state index contributed by atoms with van der Waals surface area (Å²) in [6, 6.07) is 0. The fourth-order valence-electron chi connectivity index (χ4n) is 1.73. The van der Waals surface area contributed by atoms with E-state index in [9.17, 15) is 0 Å². The molecule has 0 bridgehead atoms. The van der Waals surface area contributed by atoms with Crippen LogP contribution in [0.3, 0.4) is 0 Å². The minimum Gasteiger partial charge on any atom is -0.0885 e. The van der Waals surface area contributed by atoms with E-state index in [1.807, 2.05) is 0 Å². The van der Waals surface area contributed by atoms with Gasteiger partial charge in [0.2, 0.25) is 0 Å². The third-order valence-electron chi connectivity index (χ3n) is 2.77. The maximum absolute atomic E-state index is 2.37. The molecule has 0 rings (SSSR count). The van der Waals surface area contributed by atoms with Crippen molar-refractivity contribution < 1.29 is 0 Å². The van der Waals surface area contributed by atoms with Crippen LogP contribution in [-0.2, 0) is 0 Å². The Kier molecular flexibility index (Phi) is 12.1. The molecule has 94 valence electrons. The summed E-state index contributed by atoms with van der Waals surface area (Å²) >= 11 is 0. The molecule has 0 N–H and O–H groups in total. The van der Waals surface area contributed by atoms with Crippen molar-refractivity contribution in [3.8, 4) is 0 Å². The van der Waals surface area contributed by atoms with Crippen molar-refractivity contribution in [3.63, 3.8) is 0 Å². The van der Waals surface area contributed by atoms with E-state index >= 15 is 0 Å². The summed E-state index contributed by atoms with van der Waals surface area (Å²) in [5, 5.41) is 0. The minimum atomic E-state index is 1.24. The predicted octanol–water partition coefficient (Wildman–Crippen LogP) is 6.04. The van der Waals surface area contributed by atoms with Gasteiger partial charge in [0.15, 0.2) is 0 Å². The lowest BCUT2D eigenvalue weighted by molar-refractivity contribution is 0.637. The summed E-state index contributed by atoms with van der Waals surface area (Å²) in [6.07, 6.45) is 19.1. The molecule has 0 saturated carbocycles. The molecule has 0 aromatic rings. The van der Waals surface area contributed by atoms with E-state index in [0.29, 0.717) is 0 Å². The fraction of sp³-hybridized carbons (Fsp3) is 0.750. The molecule has 0 aliphatic carbocycles.